The molecule has 0 radical (unpaired) electrons. The van der Waals surface area contributed by atoms with Crippen LogP contribution in [0.5, 0.6) is 0 Å². The first-order valence-electron chi connectivity index (χ1n) is 9.45. The Morgan fingerprint density at radius 1 is 1.03 bits per heavy atom. The molecule has 2 N–H and O–H groups in total. The van der Waals surface area contributed by atoms with E-state index in [0.717, 1.165) is 28.8 Å². The van der Waals surface area contributed by atoms with E-state index in [0.29, 0.717) is 32.0 Å². The van der Waals surface area contributed by atoms with Crippen molar-refractivity contribution in [3.63, 3.8) is 0 Å². The lowest BCUT2D eigenvalue weighted by Crippen LogP contribution is -2.37. The van der Waals surface area contributed by atoms with Crippen LogP contribution in [0.15, 0.2) is 66.2 Å². The SMILES string of the molecule is CN=C(NCCc1ccc(C(F)(F)F)cc1)NCc1cccc(Cn2cncn2)c1. The van der Waals surface area contributed by atoms with Crippen molar-refractivity contribution in [1.29, 1.82) is 0 Å². The summed E-state index contributed by atoms with van der Waals surface area (Å²) in [6.07, 6.45) is -0.541. The highest BCUT2D eigenvalue weighted by Gasteiger charge is 2.29. The van der Waals surface area contributed by atoms with Crippen molar-refractivity contribution < 1.29 is 13.2 Å². The number of hydrogen-bond donors (Lipinski definition) is 2. The Balaban J connectivity index is 1.46. The number of benzene rings is 2. The average molecular weight is 416 g/mol. The van der Waals surface area contributed by atoms with Gasteiger partial charge in [0, 0.05) is 20.1 Å². The monoisotopic (exact) mass is 416 g/mol. The van der Waals surface area contributed by atoms with Crippen LogP contribution in [0, 0.1) is 0 Å². The van der Waals surface area contributed by atoms with Crippen molar-refractivity contribution in [2.75, 3.05) is 13.6 Å². The molecule has 0 unspecified atom stereocenters. The lowest BCUT2D eigenvalue weighted by Gasteiger charge is -2.13. The highest BCUT2D eigenvalue weighted by Crippen LogP contribution is 2.29. The number of nitrogens with zero attached hydrogens (tertiary/aromatic N) is 4. The largest absolute Gasteiger partial charge is 0.416 e. The molecule has 0 aliphatic carbocycles. The number of rotatable bonds is 7. The maximum atomic E-state index is 12.6. The predicted molar refractivity (Wildman–Crippen MR) is 109 cm³/mol. The standard InChI is InChI=1S/C21H23F3N6/c1-25-20(27-10-9-16-5-7-19(8-6-16)21(22,23)24)28-12-17-3-2-4-18(11-17)13-30-15-26-14-29-30/h2-8,11,14-15H,9-10,12-13H2,1H3,(H2,25,27,28). The quantitative estimate of drug-likeness (QED) is 0.458. The number of alkyl halides is 3. The van der Waals surface area contributed by atoms with Crippen molar-refractivity contribution in [2.45, 2.75) is 25.7 Å². The molecule has 0 aliphatic rings. The molecule has 0 atom stereocenters. The second-order valence-corrected chi connectivity index (χ2v) is 6.71. The minimum Gasteiger partial charge on any atom is -0.356 e. The summed E-state index contributed by atoms with van der Waals surface area (Å²) in [4.78, 5) is 8.13. The van der Waals surface area contributed by atoms with Crippen molar-refractivity contribution in [2.24, 2.45) is 4.99 Å². The molecule has 9 heteroatoms. The maximum Gasteiger partial charge on any atom is 0.416 e. The van der Waals surface area contributed by atoms with Crippen molar-refractivity contribution in [3.8, 4) is 0 Å². The van der Waals surface area contributed by atoms with Crippen molar-refractivity contribution in [3.05, 3.63) is 83.4 Å². The summed E-state index contributed by atoms with van der Waals surface area (Å²) in [6, 6.07) is 13.3. The molecule has 1 heterocycles. The van der Waals surface area contributed by atoms with Gasteiger partial charge in [-0.05, 0) is 35.2 Å². The van der Waals surface area contributed by atoms with E-state index in [1.165, 1.54) is 18.5 Å². The molecular weight excluding hydrogens is 393 g/mol. The van der Waals surface area contributed by atoms with E-state index in [-0.39, 0.29) is 0 Å². The molecule has 0 saturated carbocycles. The van der Waals surface area contributed by atoms with Gasteiger partial charge in [-0.15, -0.1) is 0 Å². The fraction of sp³-hybridized carbons (Fsp3) is 0.286. The number of halogens is 3. The summed E-state index contributed by atoms with van der Waals surface area (Å²) in [5.41, 5.74) is 2.40. The van der Waals surface area contributed by atoms with Crippen LogP contribution in [-0.2, 0) is 25.7 Å². The van der Waals surface area contributed by atoms with E-state index in [4.69, 9.17) is 0 Å². The number of hydrogen-bond acceptors (Lipinski definition) is 3. The Bertz CT molecular complexity index is 950. The predicted octanol–water partition coefficient (Wildman–Crippen LogP) is 3.25. The van der Waals surface area contributed by atoms with Crippen LogP contribution >= 0.6 is 0 Å². The van der Waals surface area contributed by atoms with Crippen molar-refractivity contribution in [1.82, 2.24) is 25.4 Å². The van der Waals surface area contributed by atoms with Gasteiger partial charge in [0.2, 0.25) is 0 Å². The molecule has 1 aromatic heterocycles. The van der Waals surface area contributed by atoms with Crippen LogP contribution in [0.25, 0.3) is 0 Å². The Labute approximate surface area is 172 Å². The van der Waals surface area contributed by atoms with Crippen LogP contribution < -0.4 is 10.6 Å². The Morgan fingerprint density at radius 3 is 2.47 bits per heavy atom. The molecule has 0 fully saturated rings. The Morgan fingerprint density at radius 2 is 1.80 bits per heavy atom. The lowest BCUT2D eigenvalue weighted by molar-refractivity contribution is -0.137. The van der Waals surface area contributed by atoms with Gasteiger partial charge in [-0.1, -0.05) is 36.4 Å². The summed E-state index contributed by atoms with van der Waals surface area (Å²) >= 11 is 0. The average Bonchev–Trinajstić information content (AvgIpc) is 3.23. The summed E-state index contributed by atoms with van der Waals surface area (Å²) in [6.45, 7) is 1.79. The van der Waals surface area contributed by atoms with E-state index < -0.39 is 11.7 Å². The minimum atomic E-state index is -4.31. The molecule has 6 nitrogen and oxygen atoms in total. The van der Waals surface area contributed by atoms with Gasteiger partial charge >= 0.3 is 6.18 Å². The van der Waals surface area contributed by atoms with Crippen LogP contribution in [0.3, 0.4) is 0 Å². The smallest absolute Gasteiger partial charge is 0.356 e. The molecule has 3 aromatic rings. The normalized spacial score (nSPS) is 12.1. The van der Waals surface area contributed by atoms with E-state index >= 15 is 0 Å². The molecule has 0 amide bonds. The summed E-state index contributed by atoms with van der Waals surface area (Å²) in [5, 5.41) is 10.5. The van der Waals surface area contributed by atoms with Crippen LogP contribution in [0.2, 0.25) is 0 Å². The highest BCUT2D eigenvalue weighted by molar-refractivity contribution is 5.79. The fourth-order valence-corrected chi connectivity index (χ4v) is 2.93. The molecular formula is C21H23F3N6. The molecule has 3 rings (SSSR count). The summed E-state index contributed by atoms with van der Waals surface area (Å²) in [5.74, 6) is 0.628. The van der Waals surface area contributed by atoms with Gasteiger partial charge in [0.1, 0.15) is 12.7 Å². The van der Waals surface area contributed by atoms with Gasteiger partial charge in [0.25, 0.3) is 0 Å². The summed E-state index contributed by atoms with van der Waals surface area (Å²) in [7, 11) is 1.68. The first kappa shape index (κ1) is 21.4. The third kappa shape index (κ3) is 6.33. The first-order valence-corrected chi connectivity index (χ1v) is 9.45. The van der Waals surface area contributed by atoms with E-state index in [2.05, 4.69) is 31.8 Å². The number of aliphatic imine (C=N–C) groups is 1. The molecule has 0 aliphatic heterocycles. The van der Waals surface area contributed by atoms with Gasteiger partial charge in [0.15, 0.2) is 5.96 Å². The second kappa shape index (κ2) is 9.91. The second-order valence-electron chi connectivity index (χ2n) is 6.71. The van der Waals surface area contributed by atoms with Gasteiger partial charge in [-0.2, -0.15) is 18.3 Å². The lowest BCUT2D eigenvalue weighted by atomic mass is 10.1. The summed E-state index contributed by atoms with van der Waals surface area (Å²) < 4.78 is 39.6. The van der Waals surface area contributed by atoms with E-state index in [1.54, 1.807) is 18.1 Å². The number of guanidine groups is 1. The van der Waals surface area contributed by atoms with Crippen LogP contribution in [-0.4, -0.2) is 34.3 Å². The third-order valence-corrected chi connectivity index (χ3v) is 4.47. The number of aromatic nitrogens is 3. The molecule has 2 aromatic carbocycles. The molecule has 0 spiro atoms. The Kier molecular flexibility index (Phi) is 7.05. The molecule has 0 bridgehead atoms. The zero-order valence-electron chi connectivity index (χ0n) is 16.5. The highest BCUT2D eigenvalue weighted by atomic mass is 19.4. The molecule has 0 saturated heterocycles. The van der Waals surface area contributed by atoms with Crippen LogP contribution in [0.4, 0.5) is 13.2 Å². The number of nitrogens with one attached hydrogen (secondary N) is 2. The molecule has 30 heavy (non-hydrogen) atoms. The van der Waals surface area contributed by atoms with Gasteiger partial charge < -0.3 is 10.6 Å². The first-order chi connectivity index (χ1) is 14.4. The zero-order chi connectivity index (χ0) is 21.4. The van der Waals surface area contributed by atoms with Gasteiger partial charge in [-0.3, -0.25) is 4.99 Å². The van der Waals surface area contributed by atoms with E-state index in [1.807, 2.05) is 18.2 Å². The topological polar surface area (TPSA) is 67.1 Å². The van der Waals surface area contributed by atoms with Gasteiger partial charge in [-0.25, -0.2) is 9.67 Å². The van der Waals surface area contributed by atoms with E-state index in [9.17, 15) is 13.2 Å². The fourth-order valence-electron chi connectivity index (χ4n) is 2.93. The van der Waals surface area contributed by atoms with Gasteiger partial charge in [0.05, 0.1) is 12.1 Å². The molecule has 158 valence electrons. The minimum absolute atomic E-state index is 0.553. The van der Waals surface area contributed by atoms with Crippen LogP contribution in [0.1, 0.15) is 22.3 Å². The Hall–Kier alpha value is -3.36. The zero-order valence-corrected chi connectivity index (χ0v) is 16.5. The maximum absolute atomic E-state index is 12.6. The van der Waals surface area contributed by atoms with Crippen molar-refractivity contribution >= 4 is 5.96 Å². The third-order valence-electron chi connectivity index (χ3n) is 4.47.